The molecule has 0 aliphatic rings. The van der Waals surface area contributed by atoms with Crippen LogP contribution in [0.1, 0.15) is 18.3 Å². The zero-order valence-electron chi connectivity index (χ0n) is 10.8. The van der Waals surface area contributed by atoms with Crippen molar-refractivity contribution in [2.24, 2.45) is 0 Å². The lowest BCUT2D eigenvalue weighted by Crippen LogP contribution is -2.13. The topological polar surface area (TPSA) is 64.9 Å². The van der Waals surface area contributed by atoms with E-state index in [2.05, 4.69) is 27.8 Å². The van der Waals surface area contributed by atoms with E-state index in [0.29, 0.717) is 6.54 Å². The number of ether oxygens (including phenoxy) is 1. The molecule has 0 spiro atoms. The van der Waals surface area contributed by atoms with Crippen LogP contribution in [-0.2, 0) is 13.0 Å². The Hall–Kier alpha value is -1.95. The standard InChI is InChI=1S/C12H17N5O/c1-4-9-5-6-11(18-3)10(7-9)17-12(8-13-2)14-15-16-17/h5-7,13H,4,8H2,1-3H3. The van der Waals surface area contributed by atoms with Gasteiger partial charge in [0.1, 0.15) is 11.4 Å². The summed E-state index contributed by atoms with van der Waals surface area (Å²) < 4.78 is 7.07. The van der Waals surface area contributed by atoms with Crippen LogP contribution in [-0.4, -0.2) is 34.4 Å². The Kier molecular flexibility index (Phi) is 3.88. The number of tetrazole rings is 1. The van der Waals surface area contributed by atoms with Gasteiger partial charge in [0.25, 0.3) is 0 Å². The molecule has 1 heterocycles. The van der Waals surface area contributed by atoms with Gasteiger partial charge < -0.3 is 10.1 Å². The predicted octanol–water partition coefficient (Wildman–Crippen LogP) is 0.953. The normalized spacial score (nSPS) is 10.6. The molecule has 6 nitrogen and oxygen atoms in total. The highest BCUT2D eigenvalue weighted by atomic mass is 16.5. The number of aromatic nitrogens is 4. The van der Waals surface area contributed by atoms with Crippen LogP contribution in [0, 0.1) is 0 Å². The Morgan fingerprint density at radius 3 is 2.89 bits per heavy atom. The van der Waals surface area contributed by atoms with Gasteiger partial charge in [0, 0.05) is 0 Å². The van der Waals surface area contributed by atoms with Crippen molar-refractivity contribution in [3.05, 3.63) is 29.6 Å². The first-order valence-electron chi connectivity index (χ1n) is 5.89. The van der Waals surface area contributed by atoms with Gasteiger partial charge in [-0.3, -0.25) is 0 Å². The minimum atomic E-state index is 0.604. The van der Waals surface area contributed by atoms with Crippen LogP contribution in [0.5, 0.6) is 5.75 Å². The highest BCUT2D eigenvalue weighted by Gasteiger charge is 2.12. The number of aryl methyl sites for hydroxylation is 1. The maximum Gasteiger partial charge on any atom is 0.170 e. The van der Waals surface area contributed by atoms with Crippen molar-refractivity contribution in [2.45, 2.75) is 19.9 Å². The third kappa shape index (κ3) is 2.33. The molecule has 1 N–H and O–H groups in total. The summed E-state index contributed by atoms with van der Waals surface area (Å²) in [6, 6.07) is 6.04. The molecule has 0 atom stereocenters. The Balaban J connectivity index is 2.50. The summed E-state index contributed by atoms with van der Waals surface area (Å²) >= 11 is 0. The lowest BCUT2D eigenvalue weighted by atomic mass is 10.1. The van der Waals surface area contributed by atoms with Gasteiger partial charge in [0.2, 0.25) is 0 Å². The fourth-order valence-corrected chi connectivity index (χ4v) is 1.78. The third-order valence-electron chi connectivity index (χ3n) is 2.75. The molecular formula is C12H17N5O. The number of rotatable bonds is 5. The van der Waals surface area contributed by atoms with E-state index >= 15 is 0 Å². The van der Waals surface area contributed by atoms with Crippen LogP contribution >= 0.6 is 0 Å². The number of nitrogens with one attached hydrogen (secondary N) is 1. The van der Waals surface area contributed by atoms with Crippen LogP contribution in [0.2, 0.25) is 0 Å². The number of hydrogen-bond acceptors (Lipinski definition) is 5. The van der Waals surface area contributed by atoms with Crippen LogP contribution in [0.15, 0.2) is 18.2 Å². The summed E-state index contributed by atoms with van der Waals surface area (Å²) in [6.07, 6.45) is 0.959. The Morgan fingerprint density at radius 1 is 1.39 bits per heavy atom. The van der Waals surface area contributed by atoms with Crippen molar-refractivity contribution < 1.29 is 4.74 Å². The van der Waals surface area contributed by atoms with E-state index in [1.54, 1.807) is 11.8 Å². The average molecular weight is 247 g/mol. The largest absolute Gasteiger partial charge is 0.494 e. The highest BCUT2D eigenvalue weighted by Crippen LogP contribution is 2.24. The molecule has 2 aromatic rings. The van der Waals surface area contributed by atoms with Gasteiger partial charge in [-0.25, -0.2) is 0 Å². The first-order chi connectivity index (χ1) is 8.80. The molecule has 0 bridgehead atoms. The fraction of sp³-hybridized carbons (Fsp3) is 0.417. The summed E-state index contributed by atoms with van der Waals surface area (Å²) in [6.45, 7) is 2.71. The molecule has 1 aromatic heterocycles. The molecule has 6 heteroatoms. The van der Waals surface area contributed by atoms with E-state index in [9.17, 15) is 0 Å². The molecule has 0 amide bonds. The lowest BCUT2D eigenvalue weighted by molar-refractivity contribution is 0.410. The molecule has 1 aromatic carbocycles. The minimum absolute atomic E-state index is 0.604. The molecule has 0 saturated heterocycles. The summed E-state index contributed by atoms with van der Waals surface area (Å²) in [4.78, 5) is 0. The van der Waals surface area contributed by atoms with Crippen LogP contribution in [0.4, 0.5) is 0 Å². The number of hydrogen-bond donors (Lipinski definition) is 1. The zero-order chi connectivity index (χ0) is 13.0. The van der Waals surface area contributed by atoms with E-state index in [4.69, 9.17) is 4.74 Å². The Bertz CT molecular complexity index is 523. The smallest absolute Gasteiger partial charge is 0.170 e. The van der Waals surface area contributed by atoms with Crippen molar-refractivity contribution in [3.63, 3.8) is 0 Å². The summed E-state index contributed by atoms with van der Waals surface area (Å²) in [5.74, 6) is 1.51. The van der Waals surface area contributed by atoms with Crippen LogP contribution < -0.4 is 10.1 Å². The van der Waals surface area contributed by atoms with Gasteiger partial charge in [-0.1, -0.05) is 13.0 Å². The monoisotopic (exact) mass is 247 g/mol. The maximum atomic E-state index is 5.36. The third-order valence-corrected chi connectivity index (χ3v) is 2.75. The number of nitrogens with zero attached hydrogens (tertiary/aromatic N) is 4. The van der Waals surface area contributed by atoms with Crippen molar-refractivity contribution in [2.75, 3.05) is 14.2 Å². The van der Waals surface area contributed by atoms with Gasteiger partial charge in [0.05, 0.1) is 13.7 Å². The first kappa shape index (κ1) is 12.5. The zero-order valence-corrected chi connectivity index (χ0v) is 10.8. The molecule has 2 rings (SSSR count). The molecule has 0 unspecified atom stereocenters. The second-order valence-electron chi connectivity index (χ2n) is 3.90. The predicted molar refractivity (Wildman–Crippen MR) is 67.8 cm³/mol. The summed E-state index contributed by atoms with van der Waals surface area (Å²) in [7, 11) is 3.51. The minimum Gasteiger partial charge on any atom is -0.494 e. The average Bonchev–Trinajstić information content (AvgIpc) is 2.86. The molecule has 0 aliphatic heterocycles. The van der Waals surface area contributed by atoms with Gasteiger partial charge in [-0.05, 0) is 41.6 Å². The number of methoxy groups -OCH3 is 1. The SMILES string of the molecule is CCc1ccc(OC)c(-n2nnnc2CNC)c1. The molecular weight excluding hydrogens is 230 g/mol. The molecule has 0 radical (unpaired) electrons. The molecule has 96 valence electrons. The van der Waals surface area contributed by atoms with E-state index in [-0.39, 0.29) is 0 Å². The second-order valence-corrected chi connectivity index (χ2v) is 3.90. The second kappa shape index (κ2) is 5.59. The van der Waals surface area contributed by atoms with Crippen molar-refractivity contribution in [1.82, 2.24) is 25.5 Å². The van der Waals surface area contributed by atoms with E-state index in [1.165, 1.54) is 5.56 Å². The molecule has 0 saturated carbocycles. The summed E-state index contributed by atoms with van der Waals surface area (Å²) in [5, 5.41) is 14.8. The molecule has 18 heavy (non-hydrogen) atoms. The van der Waals surface area contributed by atoms with Gasteiger partial charge in [-0.2, -0.15) is 4.68 Å². The summed E-state index contributed by atoms with van der Waals surface area (Å²) in [5.41, 5.74) is 2.09. The van der Waals surface area contributed by atoms with Gasteiger partial charge in [-0.15, -0.1) is 5.10 Å². The van der Waals surface area contributed by atoms with Gasteiger partial charge >= 0.3 is 0 Å². The fourth-order valence-electron chi connectivity index (χ4n) is 1.78. The van der Waals surface area contributed by atoms with Crippen molar-refractivity contribution in [3.8, 4) is 11.4 Å². The van der Waals surface area contributed by atoms with Crippen molar-refractivity contribution in [1.29, 1.82) is 0 Å². The van der Waals surface area contributed by atoms with E-state index < -0.39 is 0 Å². The quantitative estimate of drug-likeness (QED) is 0.852. The van der Waals surface area contributed by atoms with Crippen molar-refractivity contribution >= 4 is 0 Å². The Morgan fingerprint density at radius 2 is 2.22 bits per heavy atom. The van der Waals surface area contributed by atoms with E-state index in [1.807, 2.05) is 25.2 Å². The molecule has 0 fully saturated rings. The lowest BCUT2D eigenvalue weighted by Gasteiger charge is -2.11. The Labute approximate surface area is 106 Å². The maximum absolute atomic E-state index is 5.36. The highest BCUT2D eigenvalue weighted by molar-refractivity contribution is 5.48. The first-order valence-corrected chi connectivity index (χ1v) is 5.89. The van der Waals surface area contributed by atoms with Gasteiger partial charge in [0.15, 0.2) is 5.82 Å². The van der Waals surface area contributed by atoms with Crippen LogP contribution in [0.3, 0.4) is 0 Å². The van der Waals surface area contributed by atoms with Crippen LogP contribution in [0.25, 0.3) is 5.69 Å². The molecule has 0 aliphatic carbocycles. The van der Waals surface area contributed by atoms with E-state index in [0.717, 1.165) is 23.7 Å². The number of benzene rings is 1.